The molecule has 0 saturated heterocycles. The van der Waals surface area contributed by atoms with Gasteiger partial charge in [0.1, 0.15) is 5.82 Å². The number of carboxylic acids is 1. The summed E-state index contributed by atoms with van der Waals surface area (Å²) in [5.41, 5.74) is 1.85. The van der Waals surface area contributed by atoms with Crippen molar-refractivity contribution in [1.29, 1.82) is 0 Å². The van der Waals surface area contributed by atoms with E-state index in [0.29, 0.717) is 17.3 Å². The topological polar surface area (TPSA) is 37.3 Å². The zero-order valence-electron chi connectivity index (χ0n) is 8.39. The maximum Gasteiger partial charge on any atom is 0.303 e. The highest BCUT2D eigenvalue weighted by Crippen LogP contribution is 2.21. The highest BCUT2D eigenvalue weighted by atomic mass is 79.9. The maximum absolute atomic E-state index is 13.1. The fourth-order valence-corrected chi connectivity index (χ4v) is 1.78. The molecule has 0 fully saturated rings. The Bertz CT molecular complexity index is 377. The molecule has 0 unspecified atom stereocenters. The number of hydrogen-bond acceptors (Lipinski definition) is 1. The molecule has 0 aliphatic carbocycles. The maximum atomic E-state index is 13.1. The van der Waals surface area contributed by atoms with E-state index in [4.69, 9.17) is 5.11 Å². The second kappa shape index (κ2) is 5.26. The first kappa shape index (κ1) is 12.2. The Labute approximate surface area is 96.2 Å². The van der Waals surface area contributed by atoms with E-state index in [1.54, 1.807) is 6.07 Å². The van der Waals surface area contributed by atoms with Gasteiger partial charge in [-0.3, -0.25) is 4.79 Å². The molecule has 1 N–H and O–H groups in total. The van der Waals surface area contributed by atoms with Crippen molar-refractivity contribution in [1.82, 2.24) is 0 Å². The molecule has 1 aromatic rings. The lowest BCUT2D eigenvalue weighted by molar-refractivity contribution is -0.137. The Morgan fingerprint density at radius 1 is 1.53 bits per heavy atom. The van der Waals surface area contributed by atoms with Crippen LogP contribution in [0.3, 0.4) is 0 Å². The van der Waals surface area contributed by atoms with Crippen LogP contribution in [0.4, 0.5) is 4.39 Å². The molecular formula is C11H12BrFO2. The third kappa shape index (κ3) is 3.63. The smallest absolute Gasteiger partial charge is 0.303 e. The van der Waals surface area contributed by atoms with Crippen LogP contribution in [0.25, 0.3) is 0 Å². The van der Waals surface area contributed by atoms with Gasteiger partial charge in [-0.25, -0.2) is 4.39 Å². The number of carbonyl (C=O) groups is 1. The molecule has 82 valence electrons. The molecule has 0 spiro atoms. The first-order chi connectivity index (χ1) is 7.00. The van der Waals surface area contributed by atoms with Crippen molar-refractivity contribution in [3.05, 3.63) is 33.5 Å². The molecular weight excluding hydrogens is 263 g/mol. The molecule has 0 aliphatic rings. The van der Waals surface area contributed by atoms with Gasteiger partial charge in [-0.15, -0.1) is 0 Å². The fraction of sp³-hybridized carbons (Fsp3) is 0.364. The molecule has 15 heavy (non-hydrogen) atoms. The third-order valence-electron chi connectivity index (χ3n) is 2.22. The predicted octanol–water partition coefficient (Wildman–Crippen LogP) is 3.30. The van der Waals surface area contributed by atoms with Crippen LogP contribution in [-0.4, -0.2) is 11.1 Å². The monoisotopic (exact) mass is 274 g/mol. The number of carboxylic acid groups (broad SMARTS) is 1. The van der Waals surface area contributed by atoms with E-state index in [1.165, 1.54) is 6.07 Å². The fourth-order valence-electron chi connectivity index (χ4n) is 1.39. The van der Waals surface area contributed by atoms with Crippen LogP contribution in [0.2, 0.25) is 0 Å². The van der Waals surface area contributed by atoms with E-state index in [0.717, 1.165) is 11.1 Å². The van der Waals surface area contributed by atoms with Crippen LogP contribution in [0, 0.1) is 12.7 Å². The summed E-state index contributed by atoms with van der Waals surface area (Å²) in [7, 11) is 0. The minimum Gasteiger partial charge on any atom is -0.481 e. The molecule has 2 nitrogen and oxygen atoms in total. The quantitative estimate of drug-likeness (QED) is 0.915. The summed E-state index contributed by atoms with van der Waals surface area (Å²) in [6.07, 6.45) is 1.39. The summed E-state index contributed by atoms with van der Waals surface area (Å²) in [6.45, 7) is 1.83. The van der Waals surface area contributed by atoms with Gasteiger partial charge in [-0.1, -0.05) is 0 Å². The summed E-state index contributed by atoms with van der Waals surface area (Å²) < 4.78 is 13.5. The number of benzene rings is 1. The molecule has 4 heteroatoms. The summed E-state index contributed by atoms with van der Waals surface area (Å²) in [4.78, 5) is 10.3. The van der Waals surface area contributed by atoms with Crippen LogP contribution >= 0.6 is 15.9 Å². The zero-order valence-corrected chi connectivity index (χ0v) is 9.97. The van der Waals surface area contributed by atoms with Gasteiger partial charge in [-0.2, -0.15) is 0 Å². The zero-order chi connectivity index (χ0) is 11.4. The average molecular weight is 275 g/mol. The first-order valence-electron chi connectivity index (χ1n) is 4.67. The summed E-state index contributed by atoms with van der Waals surface area (Å²) in [5, 5.41) is 8.49. The van der Waals surface area contributed by atoms with E-state index in [9.17, 15) is 9.18 Å². The Balaban J connectivity index is 2.69. The van der Waals surface area contributed by atoms with Crippen molar-refractivity contribution < 1.29 is 14.3 Å². The van der Waals surface area contributed by atoms with Crippen LogP contribution in [0.5, 0.6) is 0 Å². The van der Waals surface area contributed by atoms with Gasteiger partial charge in [-0.05, 0) is 59.0 Å². The van der Waals surface area contributed by atoms with Gasteiger partial charge in [0.15, 0.2) is 0 Å². The molecule has 0 bridgehead atoms. The normalized spacial score (nSPS) is 10.3. The first-order valence-corrected chi connectivity index (χ1v) is 5.46. The van der Waals surface area contributed by atoms with Crippen molar-refractivity contribution in [3.8, 4) is 0 Å². The highest BCUT2D eigenvalue weighted by Gasteiger charge is 2.06. The molecule has 0 atom stereocenters. The minimum absolute atomic E-state index is 0.147. The van der Waals surface area contributed by atoms with Gasteiger partial charge < -0.3 is 5.11 Å². The van der Waals surface area contributed by atoms with Crippen molar-refractivity contribution in [3.63, 3.8) is 0 Å². The number of rotatable bonds is 4. The predicted molar refractivity (Wildman–Crippen MR) is 59.4 cm³/mol. The molecule has 1 aromatic carbocycles. The molecule has 0 heterocycles. The van der Waals surface area contributed by atoms with Crippen LogP contribution in [-0.2, 0) is 11.2 Å². The highest BCUT2D eigenvalue weighted by molar-refractivity contribution is 9.10. The van der Waals surface area contributed by atoms with Crippen molar-refractivity contribution in [2.75, 3.05) is 0 Å². The Kier molecular flexibility index (Phi) is 4.27. The van der Waals surface area contributed by atoms with Crippen molar-refractivity contribution in [2.45, 2.75) is 26.2 Å². The lowest BCUT2D eigenvalue weighted by atomic mass is 10.0. The summed E-state index contributed by atoms with van der Waals surface area (Å²) in [6, 6.07) is 3.17. The Morgan fingerprint density at radius 3 is 2.80 bits per heavy atom. The molecule has 1 rings (SSSR count). The largest absolute Gasteiger partial charge is 0.481 e. The van der Waals surface area contributed by atoms with Gasteiger partial charge in [0, 0.05) is 6.42 Å². The minimum atomic E-state index is -0.797. The molecule has 0 saturated carbocycles. The van der Waals surface area contributed by atoms with E-state index >= 15 is 0 Å². The third-order valence-corrected chi connectivity index (χ3v) is 2.82. The number of aliphatic carboxylic acids is 1. The molecule has 0 amide bonds. The Morgan fingerprint density at radius 2 is 2.20 bits per heavy atom. The Hall–Kier alpha value is -0.900. The second-order valence-corrected chi connectivity index (χ2v) is 4.29. The molecule has 0 aromatic heterocycles. The van der Waals surface area contributed by atoms with Crippen LogP contribution in [0.1, 0.15) is 24.0 Å². The average Bonchev–Trinajstić information content (AvgIpc) is 2.13. The van der Waals surface area contributed by atoms with E-state index < -0.39 is 5.97 Å². The van der Waals surface area contributed by atoms with Crippen molar-refractivity contribution in [2.24, 2.45) is 0 Å². The second-order valence-electron chi connectivity index (χ2n) is 3.44. The van der Waals surface area contributed by atoms with E-state index in [-0.39, 0.29) is 12.2 Å². The standard InChI is InChI=1S/C11H12BrFO2/c1-7-5-10(13)9(12)6-8(7)3-2-4-11(14)15/h5-6H,2-4H2,1H3,(H,14,15). The lowest BCUT2D eigenvalue weighted by Gasteiger charge is -2.06. The van der Waals surface area contributed by atoms with Crippen LogP contribution < -0.4 is 0 Å². The number of halogens is 2. The molecule has 0 aliphatic heterocycles. The van der Waals surface area contributed by atoms with E-state index in [1.807, 2.05) is 6.92 Å². The summed E-state index contributed by atoms with van der Waals surface area (Å²) >= 11 is 3.11. The van der Waals surface area contributed by atoms with Crippen LogP contribution in [0.15, 0.2) is 16.6 Å². The van der Waals surface area contributed by atoms with E-state index in [2.05, 4.69) is 15.9 Å². The van der Waals surface area contributed by atoms with Gasteiger partial charge in [0.2, 0.25) is 0 Å². The van der Waals surface area contributed by atoms with Gasteiger partial charge >= 0.3 is 5.97 Å². The van der Waals surface area contributed by atoms with Gasteiger partial charge in [0.25, 0.3) is 0 Å². The number of hydrogen-bond donors (Lipinski definition) is 1. The lowest BCUT2D eigenvalue weighted by Crippen LogP contribution is -1.98. The van der Waals surface area contributed by atoms with Gasteiger partial charge in [0.05, 0.1) is 4.47 Å². The SMILES string of the molecule is Cc1cc(F)c(Br)cc1CCCC(=O)O. The molecule has 0 radical (unpaired) electrons. The van der Waals surface area contributed by atoms with Crippen molar-refractivity contribution >= 4 is 21.9 Å². The summed E-state index contributed by atoms with van der Waals surface area (Å²) in [5.74, 6) is -1.08. The number of aryl methyl sites for hydroxylation is 2.